The van der Waals surface area contributed by atoms with E-state index in [-0.39, 0.29) is 15.3 Å². The summed E-state index contributed by atoms with van der Waals surface area (Å²) >= 11 is 20.7. The van der Waals surface area contributed by atoms with Gasteiger partial charge in [-0.15, -0.1) is 0 Å². The Bertz CT molecular complexity index is 586. The first-order chi connectivity index (χ1) is 8.47. The predicted octanol–water partition coefficient (Wildman–Crippen LogP) is 5.08. The topological polar surface area (TPSA) is 37.8 Å². The van der Waals surface area contributed by atoms with Gasteiger partial charge in [-0.2, -0.15) is 4.98 Å². The van der Waals surface area contributed by atoms with Gasteiger partial charge in [0.2, 0.25) is 5.28 Å². The van der Waals surface area contributed by atoms with Crippen molar-refractivity contribution in [3.8, 4) is 0 Å². The Morgan fingerprint density at radius 3 is 2.39 bits per heavy atom. The summed E-state index contributed by atoms with van der Waals surface area (Å²) in [5, 5.41) is 3.21. The van der Waals surface area contributed by atoms with E-state index in [4.69, 9.17) is 34.8 Å². The minimum atomic E-state index is -0.518. The highest BCUT2D eigenvalue weighted by Crippen LogP contribution is 2.35. The summed E-state index contributed by atoms with van der Waals surface area (Å²) in [6.07, 6.45) is 1.48. The maximum atomic E-state index is 13.0. The van der Waals surface area contributed by atoms with Gasteiger partial charge in [-0.05, 0) is 39.7 Å². The number of benzene rings is 1. The molecule has 0 aliphatic rings. The molecule has 3 nitrogen and oxygen atoms in total. The lowest BCUT2D eigenvalue weighted by Crippen LogP contribution is -1.98. The molecule has 1 aromatic carbocycles. The Kier molecular flexibility index (Phi) is 4.27. The molecule has 0 bridgehead atoms. The first-order valence-corrected chi connectivity index (χ1v) is 6.49. The Balaban J connectivity index is 2.43. The number of halogens is 5. The molecule has 0 aliphatic carbocycles. The van der Waals surface area contributed by atoms with E-state index in [2.05, 4.69) is 31.2 Å². The summed E-state index contributed by atoms with van der Waals surface area (Å²) in [5.74, 6) is -0.138. The maximum Gasteiger partial charge on any atom is 0.224 e. The molecule has 0 saturated carbocycles. The van der Waals surface area contributed by atoms with E-state index in [0.717, 1.165) is 12.1 Å². The Hall–Kier alpha value is -0.620. The minimum Gasteiger partial charge on any atom is -0.337 e. The summed E-state index contributed by atoms with van der Waals surface area (Å²) < 4.78 is 13.6. The van der Waals surface area contributed by atoms with Crippen LogP contribution in [0.1, 0.15) is 0 Å². The van der Waals surface area contributed by atoms with Crippen molar-refractivity contribution in [2.24, 2.45) is 0 Å². The van der Waals surface area contributed by atoms with Crippen LogP contribution in [-0.4, -0.2) is 9.97 Å². The average Bonchev–Trinajstić information content (AvgIpc) is 2.28. The van der Waals surface area contributed by atoms with Gasteiger partial charge in [0.25, 0.3) is 0 Å². The molecule has 94 valence electrons. The van der Waals surface area contributed by atoms with Gasteiger partial charge < -0.3 is 5.32 Å². The number of anilines is 2. The van der Waals surface area contributed by atoms with E-state index in [1.807, 2.05) is 0 Å². The number of hydrogen-bond acceptors (Lipinski definition) is 3. The molecule has 8 heteroatoms. The zero-order chi connectivity index (χ0) is 13.3. The van der Waals surface area contributed by atoms with Crippen LogP contribution in [0.4, 0.5) is 15.9 Å². The van der Waals surface area contributed by atoms with Gasteiger partial charge >= 0.3 is 0 Å². The molecule has 0 amide bonds. The molecule has 2 rings (SSSR count). The van der Waals surface area contributed by atoms with Crippen LogP contribution in [-0.2, 0) is 0 Å². The smallest absolute Gasteiger partial charge is 0.224 e. The molecule has 1 N–H and O–H groups in total. The van der Waals surface area contributed by atoms with Gasteiger partial charge in [-0.3, -0.25) is 0 Å². The Labute approximate surface area is 125 Å². The van der Waals surface area contributed by atoms with Gasteiger partial charge in [-0.1, -0.05) is 23.2 Å². The summed E-state index contributed by atoms with van der Waals surface area (Å²) in [6.45, 7) is 0. The molecule has 0 atom stereocenters. The molecule has 1 heterocycles. The third-order valence-corrected chi connectivity index (χ3v) is 3.32. The highest BCUT2D eigenvalue weighted by Gasteiger charge is 2.11. The van der Waals surface area contributed by atoms with Gasteiger partial charge in [0.05, 0.1) is 20.2 Å². The number of hydrogen-bond donors (Lipinski definition) is 1. The van der Waals surface area contributed by atoms with Crippen LogP contribution in [0.15, 0.2) is 22.8 Å². The van der Waals surface area contributed by atoms with Gasteiger partial charge in [0, 0.05) is 6.20 Å². The van der Waals surface area contributed by atoms with Gasteiger partial charge in [-0.25, -0.2) is 9.37 Å². The van der Waals surface area contributed by atoms with E-state index in [1.165, 1.54) is 6.20 Å². The molecule has 0 spiro atoms. The van der Waals surface area contributed by atoms with Crippen LogP contribution in [0.5, 0.6) is 0 Å². The fourth-order valence-electron chi connectivity index (χ4n) is 1.21. The van der Waals surface area contributed by atoms with E-state index in [0.29, 0.717) is 16.0 Å². The molecular formula is C10H4BrCl3FN3. The molecule has 0 saturated heterocycles. The van der Waals surface area contributed by atoms with E-state index in [9.17, 15) is 4.39 Å². The lowest BCUT2D eigenvalue weighted by Gasteiger charge is -2.11. The first kappa shape index (κ1) is 13.8. The van der Waals surface area contributed by atoms with Crippen LogP contribution in [0.3, 0.4) is 0 Å². The second-order valence-electron chi connectivity index (χ2n) is 3.21. The molecule has 0 radical (unpaired) electrons. The predicted molar refractivity (Wildman–Crippen MR) is 74.4 cm³/mol. The zero-order valence-corrected chi connectivity index (χ0v) is 12.4. The molecular weight excluding hydrogens is 367 g/mol. The molecule has 2 aromatic rings. The zero-order valence-electron chi connectivity index (χ0n) is 8.52. The van der Waals surface area contributed by atoms with E-state index >= 15 is 0 Å². The molecule has 1 aromatic heterocycles. The highest BCUT2D eigenvalue weighted by atomic mass is 79.9. The van der Waals surface area contributed by atoms with Gasteiger partial charge in [0.15, 0.2) is 0 Å². The van der Waals surface area contributed by atoms with E-state index < -0.39 is 5.82 Å². The van der Waals surface area contributed by atoms with Crippen molar-refractivity contribution >= 4 is 62.2 Å². The summed E-state index contributed by atoms with van der Waals surface area (Å²) in [4.78, 5) is 7.74. The summed E-state index contributed by atoms with van der Waals surface area (Å²) in [5.41, 5.74) is 0.343. The second-order valence-corrected chi connectivity index (χ2v) is 5.21. The fraction of sp³-hybridized carbons (Fsp3) is 0. The van der Waals surface area contributed by atoms with Crippen molar-refractivity contribution in [1.29, 1.82) is 0 Å². The molecule has 0 aliphatic heterocycles. The van der Waals surface area contributed by atoms with Crippen LogP contribution >= 0.6 is 50.7 Å². The van der Waals surface area contributed by atoms with Crippen LogP contribution in [0.2, 0.25) is 15.3 Å². The molecule has 18 heavy (non-hydrogen) atoms. The fourth-order valence-corrected chi connectivity index (χ4v) is 2.19. The van der Waals surface area contributed by atoms with Crippen LogP contribution in [0.25, 0.3) is 0 Å². The lowest BCUT2D eigenvalue weighted by molar-refractivity contribution is 0.628. The second kappa shape index (κ2) is 5.57. The Morgan fingerprint density at radius 2 is 1.78 bits per heavy atom. The van der Waals surface area contributed by atoms with Crippen molar-refractivity contribution < 1.29 is 4.39 Å². The summed E-state index contributed by atoms with van der Waals surface area (Å²) in [6, 6.07) is 2.29. The standard InChI is InChI=1S/C10H4BrCl3FN3/c11-5-3-16-10(14)18-9(5)17-8-6(12)1-4(15)2-7(8)13/h1-3H,(H,16,17,18). The molecule has 0 unspecified atom stereocenters. The number of aromatic nitrogens is 2. The normalized spacial score (nSPS) is 10.5. The quantitative estimate of drug-likeness (QED) is 0.748. The van der Waals surface area contributed by atoms with Crippen molar-refractivity contribution in [1.82, 2.24) is 9.97 Å². The third-order valence-electron chi connectivity index (χ3n) is 1.96. The third kappa shape index (κ3) is 3.03. The monoisotopic (exact) mass is 369 g/mol. The number of rotatable bonds is 2. The van der Waals surface area contributed by atoms with Gasteiger partial charge in [0.1, 0.15) is 11.6 Å². The SMILES string of the molecule is Fc1cc(Cl)c(Nc2nc(Cl)ncc2Br)c(Cl)c1. The minimum absolute atomic E-state index is 0.0649. The summed E-state index contributed by atoms with van der Waals surface area (Å²) in [7, 11) is 0. The largest absolute Gasteiger partial charge is 0.337 e. The van der Waals surface area contributed by atoms with Crippen molar-refractivity contribution in [3.05, 3.63) is 43.9 Å². The average molecular weight is 371 g/mol. The van der Waals surface area contributed by atoms with Crippen molar-refractivity contribution in [3.63, 3.8) is 0 Å². The lowest BCUT2D eigenvalue weighted by atomic mass is 10.3. The number of nitrogens with one attached hydrogen (secondary N) is 1. The highest BCUT2D eigenvalue weighted by molar-refractivity contribution is 9.10. The van der Waals surface area contributed by atoms with Crippen molar-refractivity contribution in [2.45, 2.75) is 0 Å². The van der Waals surface area contributed by atoms with E-state index in [1.54, 1.807) is 0 Å². The van der Waals surface area contributed by atoms with Crippen molar-refractivity contribution in [2.75, 3.05) is 5.32 Å². The van der Waals surface area contributed by atoms with Crippen LogP contribution < -0.4 is 5.32 Å². The Morgan fingerprint density at radius 1 is 1.17 bits per heavy atom. The first-order valence-electron chi connectivity index (χ1n) is 4.57. The molecule has 0 fully saturated rings. The maximum absolute atomic E-state index is 13.0. The number of nitrogens with zero attached hydrogens (tertiary/aromatic N) is 2. The van der Waals surface area contributed by atoms with Crippen LogP contribution in [0, 0.1) is 5.82 Å².